The second-order valence-corrected chi connectivity index (χ2v) is 4.70. The summed E-state index contributed by atoms with van der Waals surface area (Å²) in [6, 6.07) is 19.1. The molecule has 0 bridgehead atoms. The van der Waals surface area contributed by atoms with Gasteiger partial charge >= 0.3 is 0 Å². The van der Waals surface area contributed by atoms with E-state index in [2.05, 4.69) is 55.5 Å². The van der Waals surface area contributed by atoms with Gasteiger partial charge < -0.3 is 0 Å². The Balaban J connectivity index is 2.37. The van der Waals surface area contributed by atoms with Gasteiger partial charge in [0.05, 0.1) is 5.69 Å². The number of rotatable bonds is 1. The van der Waals surface area contributed by atoms with E-state index in [0.29, 0.717) is 0 Å². The summed E-state index contributed by atoms with van der Waals surface area (Å²) in [7, 11) is 0. The monoisotopic (exact) mass is 233 g/mol. The number of benzene rings is 2. The molecule has 3 aromatic rings. The molecule has 1 heteroatoms. The highest BCUT2D eigenvalue weighted by molar-refractivity contribution is 5.95. The van der Waals surface area contributed by atoms with E-state index < -0.39 is 0 Å². The Kier molecular flexibility index (Phi) is 2.60. The third-order valence-corrected chi connectivity index (χ3v) is 3.16. The van der Waals surface area contributed by atoms with E-state index in [1.165, 1.54) is 21.9 Å². The molecule has 0 spiro atoms. The average Bonchev–Trinajstić information content (AvgIpc) is 2.39. The first kappa shape index (κ1) is 11.0. The summed E-state index contributed by atoms with van der Waals surface area (Å²) in [5.41, 5.74) is 4.58. The third-order valence-electron chi connectivity index (χ3n) is 3.16. The molecule has 2 aromatic carbocycles. The van der Waals surface area contributed by atoms with Crippen LogP contribution in [-0.2, 0) is 0 Å². The smallest absolute Gasteiger partial charge is 0.0783 e. The van der Waals surface area contributed by atoms with Gasteiger partial charge in [0.1, 0.15) is 0 Å². The van der Waals surface area contributed by atoms with Crippen molar-refractivity contribution in [3.05, 3.63) is 65.9 Å². The highest BCUT2D eigenvalue weighted by Crippen LogP contribution is 2.28. The molecule has 1 nitrogen and oxygen atoms in total. The number of nitrogens with zero attached hydrogens (tertiary/aromatic N) is 1. The minimum Gasteiger partial charge on any atom is -0.252 e. The molecule has 0 fully saturated rings. The Hall–Kier alpha value is -2.15. The Morgan fingerprint density at radius 1 is 0.833 bits per heavy atom. The molecule has 0 radical (unpaired) electrons. The normalized spacial score (nSPS) is 10.8. The van der Waals surface area contributed by atoms with Crippen molar-refractivity contribution < 1.29 is 0 Å². The zero-order chi connectivity index (χ0) is 12.5. The van der Waals surface area contributed by atoms with Crippen molar-refractivity contribution in [3.63, 3.8) is 0 Å². The molecule has 0 N–H and O–H groups in total. The first-order chi connectivity index (χ1) is 8.74. The molecular formula is C17H15N. The topological polar surface area (TPSA) is 12.9 Å². The van der Waals surface area contributed by atoms with Crippen LogP contribution in [0, 0.1) is 13.8 Å². The summed E-state index contributed by atoms with van der Waals surface area (Å²) < 4.78 is 0. The van der Waals surface area contributed by atoms with Crippen molar-refractivity contribution in [3.8, 4) is 11.3 Å². The van der Waals surface area contributed by atoms with Crippen LogP contribution in [0.25, 0.3) is 22.0 Å². The Bertz CT molecular complexity index is 699. The van der Waals surface area contributed by atoms with Crippen LogP contribution in [0.1, 0.15) is 11.3 Å². The fourth-order valence-electron chi connectivity index (χ4n) is 2.31. The third kappa shape index (κ3) is 1.88. The lowest BCUT2D eigenvalue weighted by Gasteiger charge is -2.08. The summed E-state index contributed by atoms with van der Waals surface area (Å²) in [6.45, 7) is 4.17. The fraction of sp³-hybridized carbons (Fsp3) is 0.118. The molecule has 0 saturated heterocycles. The maximum Gasteiger partial charge on any atom is 0.0783 e. The molecule has 0 saturated carbocycles. The molecule has 88 valence electrons. The van der Waals surface area contributed by atoms with Crippen molar-refractivity contribution in [1.82, 2.24) is 4.98 Å². The number of fused-ring (bicyclic) bond motifs is 1. The molecule has 1 heterocycles. The van der Waals surface area contributed by atoms with Crippen molar-refractivity contribution >= 4 is 10.8 Å². The van der Waals surface area contributed by atoms with E-state index in [4.69, 9.17) is 4.98 Å². The summed E-state index contributed by atoms with van der Waals surface area (Å²) >= 11 is 0. The molecule has 0 aliphatic carbocycles. The summed E-state index contributed by atoms with van der Waals surface area (Å²) in [4.78, 5) is 4.71. The molecule has 0 unspecified atom stereocenters. The van der Waals surface area contributed by atoms with Gasteiger partial charge in [-0.2, -0.15) is 0 Å². The zero-order valence-electron chi connectivity index (χ0n) is 10.6. The average molecular weight is 233 g/mol. The van der Waals surface area contributed by atoms with Crippen LogP contribution in [0.15, 0.2) is 54.6 Å². The Morgan fingerprint density at radius 3 is 2.39 bits per heavy atom. The molecule has 0 aliphatic heterocycles. The van der Waals surface area contributed by atoms with Gasteiger partial charge in [-0.1, -0.05) is 48.0 Å². The largest absolute Gasteiger partial charge is 0.252 e. The Morgan fingerprint density at radius 2 is 1.61 bits per heavy atom. The zero-order valence-corrected chi connectivity index (χ0v) is 10.6. The molecule has 1 aromatic heterocycles. The summed E-state index contributed by atoms with van der Waals surface area (Å²) in [5.74, 6) is 0. The maximum absolute atomic E-state index is 4.71. The number of aryl methyl sites for hydroxylation is 2. The molecular weight excluding hydrogens is 218 g/mol. The van der Waals surface area contributed by atoms with Gasteiger partial charge in [0, 0.05) is 16.6 Å². The van der Waals surface area contributed by atoms with E-state index in [1.54, 1.807) is 0 Å². The van der Waals surface area contributed by atoms with Gasteiger partial charge in [-0.25, -0.2) is 0 Å². The van der Waals surface area contributed by atoms with E-state index >= 15 is 0 Å². The predicted molar refractivity (Wildman–Crippen MR) is 76.7 cm³/mol. The van der Waals surface area contributed by atoms with Crippen LogP contribution in [0.5, 0.6) is 0 Å². The molecule has 3 rings (SSSR count). The van der Waals surface area contributed by atoms with E-state index in [1.807, 2.05) is 13.0 Å². The number of aromatic nitrogens is 1. The quantitative estimate of drug-likeness (QED) is 0.602. The summed E-state index contributed by atoms with van der Waals surface area (Å²) in [5, 5.41) is 2.48. The minimum atomic E-state index is 1.06. The number of hydrogen-bond acceptors (Lipinski definition) is 1. The SMILES string of the molecule is Cc1ccc2cc(C)nc(-c3ccccc3)c2c1. The van der Waals surface area contributed by atoms with Gasteiger partial charge in [0.25, 0.3) is 0 Å². The molecule has 18 heavy (non-hydrogen) atoms. The highest BCUT2D eigenvalue weighted by atomic mass is 14.7. The predicted octanol–water partition coefficient (Wildman–Crippen LogP) is 4.52. The molecule has 0 aliphatic rings. The summed E-state index contributed by atoms with van der Waals surface area (Å²) in [6.07, 6.45) is 0. The van der Waals surface area contributed by atoms with Crippen molar-refractivity contribution in [2.75, 3.05) is 0 Å². The van der Waals surface area contributed by atoms with Crippen LogP contribution in [0.4, 0.5) is 0 Å². The maximum atomic E-state index is 4.71. The van der Waals surface area contributed by atoms with Gasteiger partial charge in [-0.15, -0.1) is 0 Å². The second kappa shape index (κ2) is 4.26. The molecule has 0 amide bonds. The standard InChI is InChI=1S/C17H15N/c1-12-8-9-15-11-13(2)18-17(16(15)10-12)14-6-4-3-5-7-14/h3-11H,1-2H3. The van der Waals surface area contributed by atoms with Gasteiger partial charge in [0.2, 0.25) is 0 Å². The van der Waals surface area contributed by atoms with Crippen molar-refractivity contribution in [1.29, 1.82) is 0 Å². The Labute approximate surface area is 107 Å². The number of pyridine rings is 1. The van der Waals surface area contributed by atoms with Crippen LogP contribution < -0.4 is 0 Å². The van der Waals surface area contributed by atoms with E-state index in [9.17, 15) is 0 Å². The van der Waals surface area contributed by atoms with Gasteiger partial charge in [0.15, 0.2) is 0 Å². The van der Waals surface area contributed by atoms with E-state index in [0.717, 1.165) is 11.4 Å². The lowest BCUT2D eigenvalue weighted by Crippen LogP contribution is -1.90. The van der Waals surface area contributed by atoms with Crippen molar-refractivity contribution in [2.24, 2.45) is 0 Å². The van der Waals surface area contributed by atoms with Gasteiger partial charge in [-0.3, -0.25) is 4.98 Å². The second-order valence-electron chi connectivity index (χ2n) is 4.70. The first-order valence-corrected chi connectivity index (χ1v) is 6.17. The lowest BCUT2D eigenvalue weighted by molar-refractivity contribution is 1.23. The van der Waals surface area contributed by atoms with Crippen LogP contribution >= 0.6 is 0 Å². The van der Waals surface area contributed by atoms with Crippen LogP contribution in [-0.4, -0.2) is 4.98 Å². The highest BCUT2D eigenvalue weighted by Gasteiger charge is 2.06. The van der Waals surface area contributed by atoms with Crippen molar-refractivity contribution in [2.45, 2.75) is 13.8 Å². The van der Waals surface area contributed by atoms with Crippen LogP contribution in [0.2, 0.25) is 0 Å². The van der Waals surface area contributed by atoms with E-state index in [-0.39, 0.29) is 0 Å². The number of hydrogen-bond donors (Lipinski definition) is 0. The minimum absolute atomic E-state index is 1.06. The van der Waals surface area contributed by atoms with Gasteiger partial charge in [-0.05, 0) is 31.4 Å². The fourth-order valence-corrected chi connectivity index (χ4v) is 2.31. The lowest BCUT2D eigenvalue weighted by atomic mass is 10.0. The molecule has 0 atom stereocenters. The van der Waals surface area contributed by atoms with Crippen LogP contribution in [0.3, 0.4) is 0 Å². The first-order valence-electron chi connectivity index (χ1n) is 6.17.